The van der Waals surface area contributed by atoms with Crippen LogP contribution in [-0.4, -0.2) is 23.5 Å². The van der Waals surface area contributed by atoms with Crippen molar-refractivity contribution >= 4 is 29.2 Å². The Morgan fingerprint density at radius 1 is 1.14 bits per heavy atom. The molecule has 1 aromatic carbocycles. The van der Waals surface area contributed by atoms with Crippen LogP contribution in [0.1, 0.15) is 25.7 Å². The Labute approximate surface area is 128 Å². The molecule has 0 bridgehead atoms. The summed E-state index contributed by atoms with van der Waals surface area (Å²) < 4.78 is 0. The molecule has 0 spiro atoms. The molecule has 2 aliphatic carbocycles. The molecule has 3 rings (SSSR count). The van der Waals surface area contributed by atoms with E-state index >= 15 is 0 Å². The number of fused-ring (bicyclic) bond motifs is 1. The van der Waals surface area contributed by atoms with Gasteiger partial charge in [0.05, 0.1) is 0 Å². The van der Waals surface area contributed by atoms with Crippen molar-refractivity contribution in [2.45, 2.75) is 25.7 Å². The number of halogens is 1. The third-order valence-corrected chi connectivity index (χ3v) is 4.89. The van der Waals surface area contributed by atoms with Crippen LogP contribution in [0.4, 0.5) is 5.69 Å². The predicted octanol–water partition coefficient (Wildman–Crippen LogP) is 3.19. The van der Waals surface area contributed by atoms with Crippen LogP contribution in [-0.2, 0) is 9.59 Å². The van der Waals surface area contributed by atoms with Crippen molar-refractivity contribution in [1.82, 2.24) is 0 Å². The second-order valence-electron chi connectivity index (χ2n) is 5.93. The van der Waals surface area contributed by atoms with E-state index in [0.717, 1.165) is 12.8 Å². The topological polar surface area (TPSA) is 57.6 Å². The van der Waals surface area contributed by atoms with E-state index in [9.17, 15) is 9.59 Å². The highest BCUT2D eigenvalue weighted by Crippen LogP contribution is 2.56. The summed E-state index contributed by atoms with van der Waals surface area (Å²) in [6, 6.07) is 6.77. The van der Waals surface area contributed by atoms with E-state index in [1.807, 2.05) is 0 Å². The van der Waals surface area contributed by atoms with Crippen LogP contribution < -0.4 is 4.90 Å². The molecule has 2 atom stereocenters. The summed E-state index contributed by atoms with van der Waals surface area (Å²) in [6.07, 6.45) is 4.57. The van der Waals surface area contributed by atoms with Gasteiger partial charge >= 0.3 is 5.97 Å². The van der Waals surface area contributed by atoms with E-state index < -0.39 is 5.97 Å². The fourth-order valence-electron chi connectivity index (χ4n) is 3.59. The molecule has 2 aliphatic rings. The van der Waals surface area contributed by atoms with Gasteiger partial charge in [-0.25, -0.2) is 0 Å². The number of hydrogen-bond donors (Lipinski definition) is 1. The maximum absolute atomic E-state index is 12.7. The average molecular weight is 308 g/mol. The zero-order chi connectivity index (χ0) is 15.0. The van der Waals surface area contributed by atoms with Crippen LogP contribution in [0.3, 0.4) is 0 Å². The quantitative estimate of drug-likeness (QED) is 0.929. The molecule has 2 unspecified atom stereocenters. The molecule has 5 heteroatoms. The number of hydrogen-bond acceptors (Lipinski definition) is 2. The standard InChI is InChI=1S/C16H18ClNO3/c17-10-5-7-11(8-6-10)18(9-14(19)20)16(21)15-12-3-1-2-4-13(12)15/h5-8,12-13,15H,1-4,9H2,(H,19,20). The van der Waals surface area contributed by atoms with Gasteiger partial charge < -0.3 is 10.0 Å². The first kappa shape index (κ1) is 14.4. The molecule has 0 saturated heterocycles. The van der Waals surface area contributed by atoms with Gasteiger partial charge in [-0.1, -0.05) is 24.4 Å². The largest absolute Gasteiger partial charge is 0.480 e. The van der Waals surface area contributed by atoms with Crippen LogP contribution in [0, 0.1) is 17.8 Å². The lowest BCUT2D eigenvalue weighted by molar-refractivity contribution is -0.136. The summed E-state index contributed by atoms with van der Waals surface area (Å²) in [7, 11) is 0. The van der Waals surface area contributed by atoms with Gasteiger partial charge in [0.1, 0.15) is 6.54 Å². The van der Waals surface area contributed by atoms with Gasteiger partial charge in [-0.3, -0.25) is 9.59 Å². The smallest absolute Gasteiger partial charge is 0.323 e. The van der Waals surface area contributed by atoms with Crippen LogP contribution in [0.15, 0.2) is 24.3 Å². The number of carboxylic acid groups (broad SMARTS) is 1. The molecule has 112 valence electrons. The molecule has 1 amide bonds. The lowest BCUT2D eigenvalue weighted by Gasteiger charge is -2.21. The summed E-state index contributed by atoms with van der Waals surface area (Å²) in [5.41, 5.74) is 0.607. The van der Waals surface area contributed by atoms with Crippen molar-refractivity contribution in [2.24, 2.45) is 17.8 Å². The number of carbonyl (C=O) groups excluding carboxylic acids is 1. The molecule has 0 radical (unpaired) electrons. The van der Waals surface area contributed by atoms with Gasteiger partial charge in [0.2, 0.25) is 5.91 Å². The number of aliphatic carboxylic acids is 1. The van der Waals surface area contributed by atoms with Crippen molar-refractivity contribution in [3.05, 3.63) is 29.3 Å². The van der Waals surface area contributed by atoms with Crippen molar-refractivity contribution in [2.75, 3.05) is 11.4 Å². The minimum atomic E-state index is -0.998. The number of amides is 1. The second-order valence-corrected chi connectivity index (χ2v) is 6.37. The first-order valence-corrected chi connectivity index (χ1v) is 7.74. The molecule has 21 heavy (non-hydrogen) atoms. The van der Waals surface area contributed by atoms with Crippen molar-refractivity contribution in [3.63, 3.8) is 0 Å². The molecule has 1 aromatic rings. The predicted molar refractivity (Wildman–Crippen MR) is 80.4 cm³/mol. The third kappa shape index (κ3) is 2.91. The van der Waals surface area contributed by atoms with Gasteiger partial charge in [0, 0.05) is 16.6 Å². The van der Waals surface area contributed by atoms with E-state index in [1.165, 1.54) is 17.7 Å². The van der Waals surface area contributed by atoms with Crippen molar-refractivity contribution in [1.29, 1.82) is 0 Å². The third-order valence-electron chi connectivity index (χ3n) is 4.64. The van der Waals surface area contributed by atoms with Crippen LogP contribution in [0.25, 0.3) is 0 Å². The fourth-order valence-corrected chi connectivity index (χ4v) is 3.72. The maximum atomic E-state index is 12.7. The second kappa shape index (κ2) is 5.68. The number of carbonyl (C=O) groups is 2. The minimum Gasteiger partial charge on any atom is -0.480 e. The molecule has 4 nitrogen and oxygen atoms in total. The first-order valence-electron chi connectivity index (χ1n) is 7.36. The molecule has 0 aliphatic heterocycles. The van der Waals surface area contributed by atoms with E-state index in [-0.39, 0.29) is 18.4 Å². The van der Waals surface area contributed by atoms with Gasteiger partial charge in [0.15, 0.2) is 0 Å². The van der Waals surface area contributed by atoms with Gasteiger partial charge in [-0.2, -0.15) is 0 Å². The maximum Gasteiger partial charge on any atom is 0.323 e. The molecule has 0 aromatic heterocycles. The van der Waals surface area contributed by atoms with Crippen molar-refractivity contribution < 1.29 is 14.7 Å². The van der Waals surface area contributed by atoms with E-state index in [2.05, 4.69) is 0 Å². The van der Waals surface area contributed by atoms with Crippen molar-refractivity contribution in [3.8, 4) is 0 Å². The summed E-state index contributed by atoms with van der Waals surface area (Å²) in [5, 5.41) is 9.66. The van der Waals surface area contributed by atoms with Crippen LogP contribution in [0.2, 0.25) is 5.02 Å². The highest BCUT2D eigenvalue weighted by Gasteiger charge is 2.56. The molecule has 0 heterocycles. The van der Waals surface area contributed by atoms with E-state index in [1.54, 1.807) is 24.3 Å². The van der Waals surface area contributed by atoms with Crippen LogP contribution in [0.5, 0.6) is 0 Å². The first-order chi connectivity index (χ1) is 10.1. The number of benzene rings is 1. The highest BCUT2D eigenvalue weighted by molar-refractivity contribution is 6.30. The molecular weight excluding hydrogens is 290 g/mol. The zero-order valence-corrected chi connectivity index (χ0v) is 12.4. The summed E-state index contributed by atoms with van der Waals surface area (Å²) in [5.74, 6) is -0.0919. The van der Waals surface area contributed by atoms with E-state index in [4.69, 9.17) is 16.7 Å². The van der Waals surface area contributed by atoms with Gasteiger partial charge in [0.25, 0.3) is 0 Å². The Hall–Kier alpha value is -1.55. The highest BCUT2D eigenvalue weighted by atomic mass is 35.5. The molecular formula is C16H18ClNO3. The number of anilines is 1. The lowest BCUT2D eigenvalue weighted by atomic mass is 10.0. The number of rotatable bonds is 4. The monoisotopic (exact) mass is 307 g/mol. The summed E-state index contributed by atoms with van der Waals surface area (Å²) >= 11 is 5.86. The Kier molecular flexibility index (Phi) is 3.89. The Bertz CT molecular complexity index is 545. The lowest BCUT2D eigenvalue weighted by Crippen LogP contribution is -2.37. The fraction of sp³-hybridized carbons (Fsp3) is 0.500. The van der Waals surface area contributed by atoms with Crippen LogP contribution >= 0.6 is 11.6 Å². The average Bonchev–Trinajstić information content (AvgIpc) is 3.19. The Morgan fingerprint density at radius 2 is 1.71 bits per heavy atom. The molecule has 2 saturated carbocycles. The Morgan fingerprint density at radius 3 is 2.24 bits per heavy atom. The Balaban J connectivity index is 1.80. The normalized spacial score (nSPS) is 26.8. The van der Waals surface area contributed by atoms with E-state index in [0.29, 0.717) is 22.5 Å². The number of nitrogens with zero attached hydrogens (tertiary/aromatic N) is 1. The summed E-state index contributed by atoms with van der Waals surface area (Å²) in [4.78, 5) is 25.2. The summed E-state index contributed by atoms with van der Waals surface area (Å²) in [6.45, 7) is -0.295. The number of carboxylic acids is 1. The minimum absolute atomic E-state index is 0.0162. The molecule has 2 fully saturated rings. The SMILES string of the molecule is O=C(O)CN(C(=O)C1C2CCCCC21)c1ccc(Cl)cc1. The van der Waals surface area contributed by atoms with Gasteiger partial charge in [-0.05, 0) is 48.9 Å². The zero-order valence-electron chi connectivity index (χ0n) is 11.7. The molecule has 1 N–H and O–H groups in total. The van der Waals surface area contributed by atoms with Gasteiger partial charge in [-0.15, -0.1) is 0 Å².